The van der Waals surface area contributed by atoms with Gasteiger partial charge in [-0.05, 0) is 38.5 Å². The third-order valence-corrected chi connectivity index (χ3v) is 3.83. The molecular weight excluding hydrogens is 198 g/mol. The van der Waals surface area contributed by atoms with Gasteiger partial charge in [0.2, 0.25) is 0 Å². The molecule has 2 rings (SSSR count). The van der Waals surface area contributed by atoms with Gasteiger partial charge in [-0.2, -0.15) is 5.26 Å². The zero-order valence-corrected chi connectivity index (χ0v) is 10.4. The van der Waals surface area contributed by atoms with Crippen molar-refractivity contribution in [1.29, 1.82) is 5.26 Å². The molecule has 1 N–H and O–H groups in total. The summed E-state index contributed by atoms with van der Waals surface area (Å²) in [5.74, 6) is 0.788. The summed E-state index contributed by atoms with van der Waals surface area (Å²) < 4.78 is 0. The minimum absolute atomic E-state index is 0.0280. The summed E-state index contributed by atoms with van der Waals surface area (Å²) in [6.45, 7) is 6.66. The number of hydrogen-bond donors (Lipinski definition) is 1. The third kappa shape index (κ3) is 3.20. The molecule has 3 heteroatoms. The molecule has 90 valence electrons. The summed E-state index contributed by atoms with van der Waals surface area (Å²) in [4.78, 5) is 2.48. The van der Waals surface area contributed by atoms with E-state index >= 15 is 0 Å². The van der Waals surface area contributed by atoms with Gasteiger partial charge in [-0.15, -0.1) is 0 Å². The Morgan fingerprint density at radius 3 is 2.69 bits per heavy atom. The van der Waals surface area contributed by atoms with Crippen molar-refractivity contribution in [2.24, 2.45) is 5.92 Å². The molecule has 0 aromatic carbocycles. The van der Waals surface area contributed by atoms with Gasteiger partial charge in [0.15, 0.2) is 0 Å². The fourth-order valence-corrected chi connectivity index (χ4v) is 2.53. The van der Waals surface area contributed by atoms with Crippen LogP contribution in [0.5, 0.6) is 0 Å². The molecule has 1 heterocycles. The van der Waals surface area contributed by atoms with E-state index in [4.69, 9.17) is 5.26 Å². The normalized spacial score (nSPS) is 33.3. The zero-order chi connectivity index (χ0) is 11.5. The van der Waals surface area contributed by atoms with Crippen LogP contribution in [0.3, 0.4) is 0 Å². The van der Waals surface area contributed by atoms with Crippen LogP contribution < -0.4 is 5.32 Å². The summed E-state index contributed by atoms with van der Waals surface area (Å²) >= 11 is 0. The van der Waals surface area contributed by atoms with E-state index in [2.05, 4.69) is 30.1 Å². The molecule has 3 nitrogen and oxygen atoms in total. The van der Waals surface area contributed by atoms with Crippen molar-refractivity contribution in [3.05, 3.63) is 0 Å². The summed E-state index contributed by atoms with van der Waals surface area (Å²) in [5.41, 5.74) is 0. The Labute approximate surface area is 98.8 Å². The minimum atomic E-state index is 0.0280. The number of nitrogens with one attached hydrogen (secondary N) is 1. The molecule has 0 aromatic rings. The highest BCUT2D eigenvalue weighted by molar-refractivity contribution is 4.98. The fourth-order valence-electron chi connectivity index (χ4n) is 2.53. The van der Waals surface area contributed by atoms with Crippen LogP contribution in [0.2, 0.25) is 0 Å². The largest absolute Gasteiger partial charge is 0.298 e. The Morgan fingerprint density at radius 2 is 2.06 bits per heavy atom. The van der Waals surface area contributed by atoms with E-state index in [-0.39, 0.29) is 6.04 Å². The van der Waals surface area contributed by atoms with Crippen molar-refractivity contribution in [1.82, 2.24) is 10.2 Å². The second-order valence-electron chi connectivity index (χ2n) is 5.61. The lowest BCUT2D eigenvalue weighted by molar-refractivity contribution is 0.118. The van der Waals surface area contributed by atoms with Gasteiger partial charge in [0, 0.05) is 25.2 Å². The lowest BCUT2D eigenvalue weighted by Crippen LogP contribution is -2.48. The lowest BCUT2D eigenvalue weighted by atomic mass is 9.94. The molecule has 1 saturated heterocycles. The Morgan fingerprint density at radius 1 is 1.31 bits per heavy atom. The number of likely N-dealkylation sites (tertiary alicyclic amines) is 1. The van der Waals surface area contributed by atoms with E-state index in [1.54, 1.807) is 0 Å². The van der Waals surface area contributed by atoms with Crippen LogP contribution in [-0.2, 0) is 0 Å². The maximum absolute atomic E-state index is 9.15. The average molecular weight is 221 g/mol. The minimum Gasteiger partial charge on any atom is -0.298 e. The van der Waals surface area contributed by atoms with Gasteiger partial charge in [-0.3, -0.25) is 10.2 Å². The molecule has 0 radical (unpaired) electrons. The van der Waals surface area contributed by atoms with Crippen LogP contribution in [0.1, 0.15) is 39.5 Å². The molecule has 16 heavy (non-hydrogen) atoms. The van der Waals surface area contributed by atoms with Crippen molar-refractivity contribution in [3.8, 4) is 6.07 Å². The summed E-state index contributed by atoms with van der Waals surface area (Å²) in [6.07, 6.45) is 5.13. The maximum atomic E-state index is 9.15. The quantitative estimate of drug-likeness (QED) is 0.786. The predicted octanol–water partition coefficient (Wildman–Crippen LogP) is 1.75. The molecule has 2 aliphatic rings. The van der Waals surface area contributed by atoms with Crippen molar-refractivity contribution in [2.75, 3.05) is 13.1 Å². The number of nitrogens with zero attached hydrogens (tertiary/aromatic N) is 2. The summed E-state index contributed by atoms with van der Waals surface area (Å²) in [5, 5.41) is 12.6. The van der Waals surface area contributed by atoms with E-state index in [0.29, 0.717) is 12.1 Å². The van der Waals surface area contributed by atoms with Gasteiger partial charge >= 0.3 is 0 Å². The number of piperidine rings is 1. The first-order valence-electron chi connectivity index (χ1n) is 6.58. The molecular formula is C13H23N3. The zero-order valence-electron chi connectivity index (χ0n) is 10.4. The Balaban J connectivity index is 1.82. The van der Waals surface area contributed by atoms with E-state index < -0.39 is 0 Å². The van der Waals surface area contributed by atoms with E-state index in [1.165, 1.54) is 25.7 Å². The SMILES string of the molecule is CC1CCC(C)N(CC(C#N)NC2CC2)C1. The molecule has 0 spiro atoms. The fraction of sp³-hybridized carbons (Fsp3) is 0.923. The Hall–Kier alpha value is -0.590. The molecule has 0 aromatic heterocycles. The van der Waals surface area contributed by atoms with Crippen molar-refractivity contribution in [3.63, 3.8) is 0 Å². The highest BCUT2D eigenvalue weighted by Crippen LogP contribution is 2.23. The molecule has 1 aliphatic carbocycles. The first-order valence-corrected chi connectivity index (χ1v) is 6.58. The van der Waals surface area contributed by atoms with Crippen molar-refractivity contribution < 1.29 is 0 Å². The Bertz CT molecular complexity index is 267. The first kappa shape index (κ1) is 11.9. The van der Waals surface area contributed by atoms with E-state index in [9.17, 15) is 0 Å². The van der Waals surface area contributed by atoms with E-state index in [1.807, 2.05) is 0 Å². The predicted molar refractivity (Wildman–Crippen MR) is 65.0 cm³/mol. The van der Waals surface area contributed by atoms with Crippen LogP contribution in [0.4, 0.5) is 0 Å². The molecule has 1 aliphatic heterocycles. The number of nitriles is 1. The van der Waals surface area contributed by atoms with Gasteiger partial charge in [0.05, 0.1) is 6.07 Å². The standard InChI is InChI=1S/C13H23N3/c1-10-3-4-11(2)16(8-10)9-13(7-14)15-12-5-6-12/h10-13,15H,3-6,8-9H2,1-2H3. The lowest BCUT2D eigenvalue weighted by Gasteiger charge is -2.37. The molecule has 0 amide bonds. The first-order chi connectivity index (χ1) is 7.69. The van der Waals surface area contributed by atoms with Crippen LogP contribution in [0, 0.1) is 17.2 Å². The van der Waals surface area contributed by atoms with Gasteiger partial charge < -0.3 is 0 Å². The van der Waals surface area contributed by atoms with Crippen LogP contribution in [0.15, 0.2) is 0 Å². The number of hydrogen-bond acceptors (Lipinski definition) is 3. The second kappa shape index (κ2) is 5.16. The topological polar surface area (TPSA) is 39.1 Å². The van der Waals surface area contributed by atoms with Gasteiger partial charge in [0.1, 0.15) is 6.04 Å². The second-order valence-corrected chi connectivity index (χ2v) is 5.61. The maximum Gasteiger partial charge on any atom is 0.108 e. The van der Waals surface area contributed by atoms with Crippen molar-refractivity contribution in [2.45, 2.75) is 57.7 Å². The average Bonchev–Trinajstić information content (AvgIpc) is 3.06. The smallest absolute Gasteiger partial charge is 0.108 e. The summed E-state index contributed by atoms with van der Waals surface area (Å²) in [7, 11) is 0. The number of rotatable bonds is 4. The van der Waals surface area contributed by atoms with E-state index in [0.717, 1.165) is 19.0 Å². The summed E-state index contributed by atoms with van der Waals surface area (Å²) in [6, 6.07) is 3.70. The molecule has 3 atom stereocenters. The van der Waals surface area contributed by atoms with Crippen LogP contribution >= 0.6 is 0 Å². The van der Waals surface area contributed by atoms with Crippen LogP contribution in [-0.4, -0.2) is 36.1 Å². The van der Waals surface area contributed by atoms with Gasteiger partial charge in [0.25, 0.3) is 0 Å². The monoisotopic (exact) mass is 221 g/mol. The highest BCUT2D eigenvalue weighted by Gasteiger charge is 2.28. The molecule has 0 bridgehead atoms. The third-order valence-electron chi connectivity index (χ3n) is 3.83. The molecule has 3 unspecified atom stereocenters. The molecule has 1 saturated carbocycles. The Kier molecular flexibility index (Phi) is 3.83. The van der Waals surface area contributed by atoms with Gasteiger partial charge in [-0.25, -0.2) is 0 Å². The van der Waals surface area contributed by atoms with Crippen LogP contribution in [0.25, 0.3) is 0 Å². The molecule has 2 fully saturated rings. The van der Waals surface area contributed by atoms with Gasteiger partial charge in [-0.1, -0.05) is 6.92 Å². The highest BCUT2D eigenvalue weighted by atomic mass is 15.2. The van der Waals surface area contributed by atoms with Crippen molar-refractivity contribution >= 4 is 0 Å².